The number of aryl methyl sites for hydroxylation is 1. The van der Waals surface area contributed by atoms with Gasteiger partial charge in [0.25, 0.3) is 0 Å². The third-order valence-corrected chi connectivity index (χ3v) is 4.57. The number of carboxylic acid groups (broad SMARTS) is 1. The first-order chi connectivity index (χ1) is 12.4. The molecule has 0 spiro atoms. The van der Waals surface area contributed by atoms with Gasteiger partial charge in [0, 0.05) is 32.3 Å². The maximum atomic E-state index is 12.7. The molecule has 9 heteroatoms. The van der Waals surface area contributed by atoms with Gasteiger partial charge in [-0.15, -0.1) is 0 Å². The molecule has 3 heterocycles. The minimum atomic E-state index is -1.16. The van der Waals surface area contributed by atoms with E-state index in [1.807, 2.05) is 0 Å². The largest absolute Gasteiger partial charge is 0.475 e. The number of hydrogen-bond donors (Lipinski definition) is 2. The summed E-state index contributed by atoms with van der Waals surface area (Å²) in [6.07, 6.45) is 4.19. The first-order valence-electron chi connectivity index (χ1n) is 8.20. The number of aromatic carboxylic acids is 1. The van der Waals surface area contributed by atoms with Crippen molar-refractivity contribution < 1.29 is 23.9 Å². The number of carbonyl (C=O) groups is 3. The molecular formula is C17H20N4O5. The van der Waals surface area contributed by atoms with Crippen LogP contribution in [0.15, 0.2) is 28.9 Å². The van der Waals surface area contributed by atoms with Gasteiger partial charge in [-0.25, -0.2) is 4.79 Å². The summed E-state index contributed by atoms with van der Waals surface area (Å²) >= 11 is 0. The van der Waals surface area contributed by atoms with Crippen LogP contribution in [0.5, 0.6) is 0 Å². The van der Waals surface area contributed by atoms with E-state index in [-0.39, 0.29) is 24.1 Å². The van der Waals surface area contributed by atoms with Crippen molar-refractivity contribution in [3.05, 3.63) is 41.6 Å². The van der Waals surface area contributed by atoms with Crippen LogP contribution in [0.3, 0.4) is 0 Å². The molecule has 0 aromatic carbocycles. The van der Waals surface area contributed by atoms with Crippen LogP contribution in [-0.4, -0.2) is 44.6 Å². The topological polar surface area (TPSA) is 118 Å². The minimum absolute atomic E-state index is 0.0139. The SMILES string of the molecule is CN1C(=O)CC[C@@H](C(=O)NCc2ccc(C(=O)O)o2)[C@H]1c1cnn(C)c1. The Morgan fingerprint density at radius 2 is 2.15 bits per heavy atom. The fourth-order valence-electron chi connectivity index (χ4n) is 3.25. The molecule has 2 amide bonds. The van der Waals surface area contributed by atoms with Gasteiger partial charge in [-0.3, -0.25) is 14.3 Å². The van der Waals surface area contributed by atoms with Crippen molar-refractivity contribution >= 4 is 17.8 Å². The standard InChI is InChI=1S/C17H20N4O5/c1-20-9-10(7-19-20)15-12(4-6-14(22)21(15)2)16(23)18-8-11-3-5-13(26-11)17(24)25/h3,5,7,9,12,15H,4,6,8H2,1-2H3,(H,18,23)(H,24,25)/t12-,15-/m1/s1. The molecule has 0 radical (unpaired) electrons. The molecule has 2 aromatic heterocycles. The lowest BCUT2D eigenvalue weighted by atomic mass is 9.85. The maximum absolute atomic E-state index is 12.7. The number of likely N-dealkylation sites (tertiary alicyclic amines) is 1. The van der Waals surface area contributed by atoms with Gasteiger partial charge in [0.2, 0.25) is 17.6 Å². The Labute approximate surface area is 149 Å². The number of amides is 2. The quantitative estimate of drug-likeness (QED) is 0.819. The van der Waals surface area contributed by atoms with E-state index in [0.717, 1.165) is 5.56 Å². The third kappa shape index (κ3) is 3.46. The average molecular weight is 360 g/mol. The molecule has 1 aliphatic rings. The van der Waals surface area contributed by atoms with Crippen molar-refractivity contribution in [3.8, 4) is 0 Å². The molecule has 2 aromatic rings. The van der Waals surface area contributed by atoms with E-state index in [0.29, 0.717) is 18.6 Å². The number of carbonyl (C=O) groups excluding carboxylic acids is 2. The Kier molecular flexibility index (Phi) is 4.79. The summed E-state index contributed by atoms with van der Waals surface area (Å²) in [5.74, 6) is -1.63. The summed E-state index contributed by atoms with van der Waals surface area (Å²) in [4.78, 5) is 37.2. The smallest absolute Gasteiger partial charge is 0.371 e. The third-order valence-electron chi connectivity index (χ3n) is 4.57. The highest BCUT2D eigenvalue weighted by Crippen LogP contribution is 2.35. The van der Waals surface area contributed by atoms with Crippen LogP contribution in [0.25, 0.3) is 0 Å². The summed E-state index contributed by atoms with van der Waals surface area (Å²) in [6.45, 7) is 0.0834. The molecule has 3 rings (SSSR count). The monoisotopic (exact) mass is 360 g/mol. The lowest BCUT2D eigenvalue weighted by Gasteiger charge is -2.37. The fraction of sp³-hybridized carbons (Fsp3) is 0.412. The lowest BCUT2D eigenvalue weighted by molar-refractivity contribution is -0.141. The summed E-state index contributed by atoms with van der Waals surface area (Å²) < 4.78 is 6.78. The highest BCUT2D eigenvalue weighted by atomic mass is 16.4. The second-order valence-electron chi connectivity index (χ2n) is 6.33. The van der Waals surface area contributed by atoms with Crippen molar-refractivity contribution in [2.24, 2.45) is 13.0 Å². The van der Waals surface area contributed by atoms with Gasteiger partial charge >= 0.3 is 5.97 Å². The molecule has 0 saturated carbocycles. The number of carboxylic acids is 1. The van der Waals surface area contributed by atoms with Crippen LogP contribution in [0.1, 0.15) is 40.8 Å². The Hall–Kier alpha value is -3.10. The number of hydrogen-bond acceptors (Lipinski definition) is 5. The van der Waals surface area contributed by atoms with Crippen molar-refractivity contribution in [2.45, 2.75) is 25.4 Å². The van der Waals surface area contributed by atoms with Crippen molar-refractivity contribution in [1.82, 2.24) is 20.0 Å². The van der Waals surface area contributed by atoms with Gasteiger partial charge < -0.3 is 19.7 Å². The van der Waals surface area contributed by atoms with Gasteiger partial charge in [0.15, 0.2) is 0 Å². The Morgan fingerprint density at radius 1 is 1.38 bits per heavy atom. The predicted octanol–water partition coefficient (Wildman–Crippen LogP) is 0.937. The summed E-state index contributed by atoms with van der Waals surface area (Å²) in [7, 11) is 3.46. The predicted molar refractivity (Wildman–Crippen MR) is 89.0 cm³/mol. The van der Waals surface area contributed by atoms with Crippen LogP contribution < -0.4 is 5.32 Å². The average Bonchev–Trinajstić information content (AvgIpc) is 3.24. The van der Waals surface area contributed by atoms with Gasteiger partial charge in [-0.05, 0) is 18.6 Å². The molecular weight excluding hydrogens is 340 g/mol. The number of furan rings is 1. The number of rotatable bonds is 5. The van der Waals surface area contributed by atoms with E-state index in [1.165, 1.54) is 12.1 Å². The van der Waals surface area contributed by atoms with E-state index in [1.54, 1.807) is 36.1 Å². The van der Waals surface area contributed by atoms with E-state index in [2.05, 4.69) is 10.4 Å². The van der Waals surface area contributed by atoms with Crippen molar-refractivity contribution in [2.75, 3.05) is 7.05 Å². The molecule has 0 bridgehead atoms. The van der Waals surface area contributed by atoms with Crippen LogP contribution in [0, 0.1) is 5.92 Å². The highest BCUT2D eigenvalue weighted by molar-refractivity contribution is 5.85. The van der Waals surface area contributed by atoms with E-state index >= 15 is 0 Å². The fourth-order valence-corrected chi connectivity index (χ4v) is 3.25. The summed E-state index contributed by atoms with van der Waals surface area (Å²) in [5, 5.41) is 15.8. The molecule has 2 atom stereocenters. The Balaban J connectivity index is 1.73. The molecule has 138 valence electrons. The van der Waals surface area contributed by atoms with Gasteiger partial charge in [-0.2, -0.15) is 5.10 Å². The number of nitrogens with zero attached hydrogens (tertiary/aromatic N) is 3. The normalized spacial score (nSPS) is 20.2. The van der Waals surface area contributed by atoms with E-state index < -0.39 is 17.9 Å². The number of aromatic nitrogens is 2. The van der Waals surface area contributed by atoms with Gasteiger partial charge in [-0.1, -0.05) is 0 Å². The zero-order valence-electron chi connectivity index (χ0n) is 14.5. The van der Waals surface area contributed by atoms with E-state index in [4.69, 9.17) is 9.52 Å². The van der Waals surface area contributed by atoms with Gasteiger partial charge in [0.05, 0.1) is 24.7 Å². The number of nitrogens with one attached hydrogen (secondary N) is 1. The highest BCUT2D eigenvalue weighted by Gasteiger charge is 2.39. The van der Waals surface area contributed by atoms with Crippen molar-refractivity contribution in [3.63, 3.8) is 0 Å². The van der Waals surface area contributed by atoms with Crippen LogP contribution >= 0.6 is 0 Å². The Morgan fingerprint density at radius 3 is 2.77 bits per heavy atom. The molecule has 1 fully saturated rings. The summed E-state index contributed by atoms with van der Waals surface area (Å²) in [6, 6.07) is 2.46. The van der Waals surface area contributed by atoms with E-state index in [9.17, 15) is 14.4 Å². The van der Waals surface area contributed by atoms with Gasteiger partial charge in [0.1, 0.15) is 5.76 Å². The van der Waals surface area contributed by atoms with Crippen LogP contribution in [0.2, 0.25) is 0 Å². The first-order valence-corrected chi connectivity index (χ1v) is 8.20. The molecule has 1 saturated heterocycles. The van der Waals surface area contributed by atoms with Crippen LogP contribution in [0.4, 0.5) is 0 Å². The second kappa shape index (κ2) is 7.03. The zero-order chi connectivity index (χ0) is 18.8. The molecule has 0 unspecified atom stereocenters. The molecule has 26 heavy (non-hydrogen) atoms. The summed E-state index contributed by atoms with van der Waals surface area (Å²) in [5.41, 5.74) is 0.800. The molecule has 9 nitrogen and oxygen atoms in total. The maximum Gasteiger partial charge on any atom is 0.371 e. The minimum Gasteiger partial charge on any atom is -0.475 e. The zero-order valence-corrected chi connectivity index (χ0v) is 14.5. The number of piperidine rings is 1. The second-order valence-corrected chi connectivity index (χ2v) is 6.33. The Bertz CT molecular complexity index is 840. The molecule has 0 aliphatic carbocycles. The van der Waals surface area contributed by atoms with Crippen LogP contribution in [-0.2, 0) is 23.2 Å². The lowest BCUT2D eigenvalue weighted by Crippen LogP contribution is -2.46. The molecule has 2 N–H and O–H groups in total. The first kappa shape index (κ1) is 17.7. The molecule has 1 aliphatic heterocycles. The van der Waals surface area contributed by atoms with Crippen molar-refractivity contribution in [1.29, 1.82) is 0 Å².